The van der Waals surface area contributed by atoms with Gasteiger partial charge >= 0.3 is 0 Å². The molecule has 0 spiro atoms. The van der Waals surface area contributed by atoms with Crippen molar-refractivity contribution in [3.05, 3.63) is 49.2 Å². The van der Waals surface area contributed by atoms with Crippen LogP contribution in [0.5, 0.6) is 0 Å². The third kappa shape index (κ3) is 5.41. The number of pyridine rings is 1. The van der Waals surface area contributed by atoms with Gasteiger partial charge in [-0.3, -0.25) is 14.6 Å². The van der Waals surface area contributed by atoms with Crippen LogP contribution in [-0.2, 0) is 9.47 Å². The van der Waals surface area contributed by atoms with Crippen LogP contribution >= 0.6 is 0 Å². The lowest BCUT2D eigenvalue weighted by molar-refractivity contribution is 0.00791. The van der Waals surface area contributed by atoms with E-state index in [0.29, 0.717) is 24.1 Å². The van der Waals surface area contributed by atoms with E-state index < -0.39 is 0 Å². The van der Waals surface area contributed by atoms with Gasteiger partial charge in [0.1, 0.15) is 5.52 Å². The fraction of sp³-hybridized carbons (Fsp3) is 0.517. The van der Waals surface area contributed by atoms with E-state index in [-0.39, 0.29) is 0 Å². The highest BCUT2D eigenvalue weighted by atomic mass is 16.5. The predicted molar refractivity (Wildman–Crippen MR) is 153 cm³/mol. The van der Waals surface area contributed by atoms with Crippen LogP contribution in [0.15, 0.2) is 49.2 Å². The fourth-order valence-corrected chi connectivity index (χ4v) is 6.32. The first-order valence-corrected chi connectivity index (χ1v) is 14.6. The monoisotopic (exact) mass is 543 g/mol. The molecule has 7 rings (SSSR count). The summed E-state index contributed by atoms with van der Waals surface area (Å²) >= 11 is 0. The maximum absolute atomic E-state index is 5.57. The first kappa shape index (κ1) is 25.4. The first-order chi connectivity index (χ1) is 19.8. The molecule has 0 bridgehead atoms. The van der Waals surface area contributed by atoms with Crippen LogP contribution < -0.4 is 10.6 Å². The molecule has 210 valence electrons. The number of anilines is 3. The molecule has 40 heavy (non-hydrogen) atoms. The molecule has 1 aliphatic carbocycles. The Morgan fingerprint density at radius 3 is 2.40 bits per heavy atom. The van der Waals surface area contributed by atoms with Crippen molar-refractivity contribution in [1.29, 1.82) is 0 Å². The van der Waals surface area contributed by atoms with Crippen LogP contribution in [0.4, 0.5) is 17.5 Å². The Morgan fingerprint density at radius 2 is 1.60 bits per heavy atom. The van der Waals surface area contributed by atoms with Gasteiger partial charge in [0, 0.05) is 68.9 Å². The number of hydrogen-bond acceptors (Lipinski definition) is 9. The summed E-state index contributed by atoms with van der Waals surface area (Å²) in [6, 6.07) is 7.44. The Kier molecular flexibility index (Phi) is 7.32. The van der Waals surface area contributed by atoms with Gasteiger partial charge in [-0.2, -0.15) is 10.1 Å². The second kappa shape index (κ2) is 11.5. The normalized spacial score (nSPS) is 22.9. The SMILES string of the molecule is c1cc(-n2ccc3nc(Nc4cnn(C5CCOCC5)c4)nc(N[C@H]4CC[C@H](N5CCOCC5)CC4)c32)ccn1. The molecule has 11 nitrogen and oxygen atoms in total. The van der Waals surface area contributed by atoms with Crippen molar-refractivity contribution in [3.8, 4) is 5.69 Å². The van der Waals surface area contributed by atoms with Crippen LogP contribution in [0.25, 0.3) is 16.7 Å². The molecular weight excluding hydrogens is 506 g/mol. The maximum Gasteiger partial charge on any atom is 0.229 e. The van der Waals surface area contributed by atoms with Gasteiger partial charge in [-0.15, -0.1) is 0 Å². The molecule has 0 aromatic carbocycles. The van der Waals surface area contributed by atoms with Crippen LogP contribution in [0.2, 0.25) is 0 Å². The third-order valence-corrected chi connectivity index (χ3v) is 8.50. The summed E-state index contributed by atoms with van der Waals surface area (Å²) < 4.78 is 15.3. The van der Waals surface area contributed by atoms with Crippen LogP contribution in [0.3, 0.4) is 0 Å². The number of aromatic nitrogens is 6. The van der Waals surface area contributed by atoms with Crippen molar-refractivity contribution in [2.75, 3.05) is 50.2 Å². The van der Waals surface area contributed by atoms with E-state index in [1.807, 2.05) is 41.6 Å². The van der Waals surface area contributed by atoms with E-state index >= 15 is 0 Å². The Bertz CT molecular complexity index is 1400. The molecule has 4 aromatic rings. The van der Waals surface area contributed by atoms with Gasteiger partial charge in [-0.25, -0.2) is 4.98 Å². The standard InChI is InChI=1S/C29H37N9O2/c1-3-23(36-13-17-40-18-14-36)4-2-21(1)32-28-27-26(7-12-37(27)24-5-10-30-11-6-24)34-29(35-28)33-22-19-31-38(20-22)25-8-15-39-16-9-25/h5-7,10-12,19-21,23,25H,1-4,8-9,13-18H2,(H2,32,33,34,35)/t21-,23-. The van der Waals surface area contributed by atoms with Crippen LogP contribution in [-0.4, -0.2) is 85.8 Å². The largest absolute Gasteiger partial charge is 0.381 e. The quantitative estimate of drug-likeness (QED) is 0.355. The summed E-state index contributed by atoms with van der Waals surface area (Å²) in [4.78, 5) is 16.7. The molecule has 3 fully saturated rings. The summed E-state index contributed by atoms with van der Waals surface area (Å²) in [6.45, 7) is 5.37. The van der Waals surface area contributed by atoms with E-state index in [1.54, 1.807) is 0 Å². The molecular formula is C29H37N9O2. The molecule has 2 N–H and O–H groups in total. The lowest BCUT2D eigenvalue weighted by Crippen LogP contribution is -2.46. The van der Waals surface area contributed by atoms with Gasteiger partial charge in [0.05, 0.1) is 36.7 Å². The Labute approximate surface area is 233 Å². The first-order valence-electron chi connectivity index (χ1n) is 14.6. The lowest BCUT2D eigenvalue weighted by atomic mass is 9.90. The molecule has 0 atom stereocenters. The van der Waals surface area contributed by atoms with Gasteiger partial charge in [0.2, 0.25) is 5.95 Å². The number of rotatable bonds is 7. The zero-order valence-corrected chi connectivity index (χ0v) is 22.8. The van der Waals surface area contributed by atoms with Gasteiger partial charge in [-0.1, -0.05) is 0 Å². The highest BCUT2D eigenvalue weighted by Gasteiger charge is 2.28. The summed E-state index contributed by atoms with van der Waals surface area (Å²) in [5.41, 5.74) is 3.78. The van der Waals surface area contributed by atoms with E-state index in [9.17, 15) is 0 Å². The Hall–Kier alpha value is -3.54. The molecule has 11 heteroatoms. The second-order valence-corrected chi connectivity index (χ2v) is 11.0. The second-order valence-electron chi connectivity index (χ2n) is 11.0. The number of fused-ring (bicyclic) bond motifs is 1. The molecule has 3 aliphatic rings. The molecule has 0 amide bonds. The van der Waals surface area contributed by atoms with Crippen LogP contribution in [0.1, 0.15) is 44.6 Å². The highest BCUT2D eigenvalue weighted by Crippen LogP contribution is 2.31. The third-order valence-electron chi connectivity index (χ3n) is 8.50. The fourth-order valence-electron chi connectivity index (χ4n) is 6.32. The summed E-state index contributed by atoms with van der Waals surface area (Å²) in [5.74, 6) is 1.41. The smallest absolute Gasteiger partial charge is 0.229 e. The molecule has 1 saturated carbocycles. The Morgan fingerprint density at radius 1 is 0.825 bits per heavy atom. The number of nitrogens with one attached hydrogen (secondary N) is 2. The van der Waals surface area contributed by atoms with Crippen molar-refractivity contribution in [3.63, 3.8) is 0 Å². The molecule has 4 aromatic heterocycles. The summed E-state index contributed by atoms with van der Waals surface area (Å²) in [6.07, 6.45) is 16.2. The maximum atomic E-state index is 5.57. The summed E-state index contributed by atoms with van der Waals surface area (Å²) in [5, 5.41) is 11.8. The summed E-state index contributed by atoms with van der Waals surface area (Å²) in [7, 11) is 0. The number of morpholine rings is 1. The van der Waals surface area contributed by atoms with E-state index in [4.69, 9.17) is 19.4 Å². The zero-order chi connectivity index (χ0) is 26.7. The zero-order valence-electron chi connectivity index (χ0n) is 22.8. The molecule has 0 radical (unpaired) electrons. The number of ether oxygens (including phenoxy) is 2. The van der Waals surface area contributed by atoms with E-state index in [2.05, 4.69) is 42.4 Å². The van der Waals surface area contributed by atoms with Crippen LogP contribution in [0, 0.1) is 0 Å². The van der Waals surface area contributed by atoms with Crippen molar-refractivity contribution >= 4 is 28.5 Å². The minimum atomic E-state index is 0.361. The van der Waals surface area contributed by atoms with Gasteiger partial charge in [0.25, 0.3) is 0 Å². The molecule has 6 heterocycles. The van der Waals surface area contributed by atoms with E-state index in [1.165, 1.54) is 12.8 Å². The van der Waals surface area contributed by atoms with Crippen molar-refractivity contribution in [2.24, 2.45) is 0 Å². The number of nitrogens with zero attached hydrogens (tertiary/aromatic N) is 7. The van der Waals surface area contributed by atoms with Gasteiger partial charge < -0.3 is 24.7 Å². The average molecular weight is 544 g/mol. The van der Waals surface area contributed by atoms with Crippen molar-refractivity contribution < 1.29 is 9.47 Å². The highest BCUT2D eigenvalue weighted by molar-refractivity contribution is 5.89. The van der Waals surface area contributed by atoms with E-state index in [0.717, 1.165) is 93.4 Å². The Balaban J connectivity index is 1.14. The number of hydrogen-bond donors (Lipinski definition) is 2. The van der Waals surface area contributed by atoms with Gasteiger partial charge in [0.15, 0.2) is 5.82 Å². The molecule has 0 unspecified atom stereocenters. The van der Waals surface area contributed by atoms with Gasteiger partial charge in [-0.05, 0) is 56.7 Å². The topological polar surface area (TPSA) is 107 Å². The minimum absolute atomic E-state index is 0.361. The van der Waals surface area contributed by atoms with Crippen molar-refractivity contribution in [2.45, 2.75) is 56.7 Å². The minimum Gasteiger partial charge on any atom is -0.381 e. The predicted octanol–water partition coefficient (Wildman–Crippen LogP) is 4.16. The average Bonchev–Trinajstić information content (AvgIpc) is 3.67. The molecule has 2 saturated heterocycles. The molecule has 2 aliphatic heterocycles. The lowest BCUT2D eigenvalue weighted by Gasteiger charge is -2.39. The van der Waals surface area contributed by atoms with Crippen molar-refractivity contribution in [1.82, 2.24) is 34.2 Å².